The maximum Gasteiger partial charge on any atom is 0.308 e. The predicted octanol–water partition coefficient (Wildman–Crippen LogP) is 1.53. The summed E-state index contributed by atoms with van der Waals surface area (Å²) in [7, 11) is 0. The number of ether oxygens (including phenoxy) is 1. The Balaban J connectivity index is 3.18. The molecular formula is C10H10Cl2N4O2. The van der Waals surface area contributed by atoms with Crippen LogP contribution in [0.5, 0.6) is 5.75 Å². The van der Waals surface area contributed by atoms with E-state index in [-0.39, 0.29) is 16.7 Å². The fourth-order valence-corrected chi connectivity index (χ4v) is 1.63. The van der Waals surface area contributed by atoms with Gasteiger partial charge in [-0.15, -0.1) is 5.10 Å². The Labute approximate surface area is 113 Å². The molecule has 0 aliphatic carbocycles. The summed E-state index contributed by atoms with van der Waals surface area (Å²) in [5, 5.41) is 7.56. The van der Waals surface area contributed by atoms with Crippen LogP contribution >= 0.6 is 23.2 Å². The van der Waals surface area contributed by atoms with Crippen LogP contribution in [0.15, 0.2) is 22.3 Å². The minimum Gasteiger partial charge on any atom is -0.424 e. The van der Waals surface area contributed by atoms with Gasteiger partial charge in [-0.05, 0) is 12.1 Å². The standard InChI is InChI=1S/C10H10Cl2N4O2/c1-5(17)18-9-6(4-15-16-10(13)14)2-7(11)3-8(9)12/h2-4H,1H3,(H4,13,14,16)/b15-4+. The molecule has 4 N–H and O–H groups in total. The lowest BCUT2D eigenvalue weighted by Crippen LogP contribution is -2.21. The van der Waals surface area contributed by atoms with Gasteiger partial charge in [-0.25, -0.2) is 0 Å². The largest absolute Gasteiger partial charge is 0.424 e. The number of hydrogen-bond acceptors (Lipinski definition) is 4. The van der Waals surface area contributed by atoms with Crippen molar-refractivity contribution in [3.8, 4) is 5.75 Å². The Hall–Kier alpha value is -1.79. The highest BCUT2D eigenvalue weighted by Crippen LogP contribution is 2.31. The quantitative estimate of drug-likeness (QED) is 0.289. The van der Waals surface area contributed by atoms with Crippen LogP contribution in [0, 0.1) is 0 Å². The first-order valence-corrected chi connectivity index (χ1v) is 5.45. The Morgan fingerprint density at radius 3 is 2.61 bits per heavy atom. The van der Waals surface area contributed by atoms with Crippen molar-refractivity contribution in [3.05, 3.63) is 27.7 Å². The molecule has 0 bridgehead atoms. The lowest BCUT2D eigenvalue weighted by Gasteiger charge is -2.07. The van der Waals surface area contributed by atoms with Crippen molar-refractivity contribution in [2.24, 2.45) is 21.7 Å². The maximum atomic E-state index is 11.0. The Morgan fingerprint density at radius 1 is 1.39 bits per heavy atom. The predicted molar refractivity (Wildman–Crippen MR) is 71.2 cm³/mol. The number of carbonyl (C=O) groups is 1. The molecule has 18 heavy (non-hydrogen) atoms. The summed E-state index contributed by atoms with van der Waals surface area (Å²) in [4.78, 5) is 11.0. The molecule has 0 aliphatic heterocycles. The van der Waals surface area contributed by atoms with E-state index < -0.39 is 5.97 Å². The van der Waals surface area contributed by atoms with Gasteiger partial charge in [0.2, 0.25) is 5.96 Å². The molecular weight excluding hydrogens is 279 g/mol. The maximum absolute atomic E-state index is 11.0. The summed E-state index contributed by atoms with van der Waals surface area (Å²) in [5.74, 6) is -0.577. The van der Waals surface area contributed by atoms with Gasteiger partial charge in [0.1, 0.15) is 0 Å². The number of rotatable bonds is 3. The number of guanidine groups is 1. The molecule has 0 fully saturated rings. The first kappa shape index (κ1) is 14.3. The molecule has 0 saturated heterocycles. The molecule has 6 nitrogen and oxygen atoms in total. The van der Waals surface area contributed by atoms with Gasteiger partial charge in [0.15, 0.2) is 5.75 Å². The van der Waals surface area contributed by atoms with Crippen LogP contribution in [0.4, 0.5) is 0 Å². The lowest BCUT2D eigenvalue weighted by molar-refractivity contribution is -0.131. The van der Waals surface area contributed by atoms with Gasteiger partial charge in [0, 0.05) is 17.5 Å². The minimum atomic E-state index is -0.518. The normalized spacial score (nSPS) is 10.4. The molecule has 8 heteroatoms. The first-order valence-electron chi connectivity index (χ1n) is 4.69. The summed E-state index contributed by atoms with van der Waals surface area (Å²) < 4.78 is 4.96. The van der Waals surface area contributed by atoms with Gasteiger partial charge in [0.05, 0.1) is 11.2 Å². The molecule has 0 amide bonds. The molecule has 96 valence electrons. The second kappa shape index (κ2) is 6.23. The third-order valence-electron chi connectivity index (χ3n) is 1.65. The molecule has 0 aromatic heterocycles. The number of esters is 1. The Bertz CT molecular complexity index is 525. The summed E-state index contributed by atoms with van der Waals surface area (Å²) in [6.07, 6.45) is 1.27. The number of halogens is 2. The fourth-order valence-electron chi connectivity index (χ4n) is 1.09. The van der Waals surface area contributed by atoms with Gasteiger partial charge in [-0.2, -0.15) is 5.10 Å². The van der Waals surface area contributed by atoms with Crippen LogP contribution < -0.4 is 16.2 Å². The first-order chi connectivity index (χ1) is 8.40. The average molecular weight is 289 g/mol. The van der Waals surface area contributed by atoms with Crippen molar-refractivity contribution in [2.75, 3.05) is 0 Å². The number of nitrogens with two attached hydrogens (primary N) is 2. The van der Waals surface area contributed by atoms with E-state index in [1.54, 1.807) is 0 Å². The SMILES string of the molecule is CC(=O)Oc1c(Cl)cc(Cl)cc1/C=N/N=C(N)N. The number of nitrogens with zero attached hydrogens (tertiary/aromatic N) is 2. The zero-order valence-electron chi connectivity index (χ0n) is 9.35. The van der Waals surface area contributed by atoms with Gasteiger partial charge in [0.25, 0.3) is 0 Å². The third kappa shape index (κ3) is 4.23. The molecule has 1 aromatic carbocycles. The van der Waals surface area contributed by atoms with Crippen LogP contribution in [-0.4, -0.2) is 18.1 Å². The van der Waals surface area contributed by atoms with Gasteiger partial charge in [-0.3, -0.25) is 4.79 Å². The van der Waals surface area contributed by atoms with Crippen molar-refractivity contribution in [1.29, 1.82) is 0 Å². The summed E-state index contributed by atoms with van der Waals surface area (Å²) >= 11 is 11.7. The van der Waals surface area contributed by atoms with E-state index in [9.17, 15) is 4.79 Å². The number of carbonyl (C=O) groups excluding carboxylic acids is 1. The summed E-state index contributed by atoms with van der Waals surface area (Å²) in [6, 6.07) is 2.96. The highest BCUT2D eigenvalue weighted by atomic mass is 35.5. The van der Waals surface area contributed by atoms with E-state index in [0.29, 0.717) is 10.6 Å². The molecule has 0 saturated carbocycles. The second-order valence-electron chi connectivity index (χ2n) is 3.17. The molecule has 1 rings (SSSR count). The Kier molecular flexibility index (Phi) is 4.94. The molecule has 1 aromatic rings. The third-order valence-corrected chi connectivity index (χ3v) is 2.15. The van der Waals surface area contributed by atoms with Crippen LogP contribution in [0.25, 0.3) is 0 Å². The topological polar surface area (TPSA) is 103 Å². The van der Waals surface area contributed by atoms with E-state index in [1.807, 2.05) is 0 Å². The van der Waals surface area contributed by atoms with Gasteiger partial charge < -0.3 is 16.2 Å². The van der Waals surface area contributed by atoms with Crippen molar-refractivity contribution in [1.82, 2.24) is 0 Å². The van der Waals surface area contributed by atoms with Gasteiger partial charge in [-0.1, -0.05) is 23.2 Å². The zero-order valence-corrected chi connectivity index (χ0v) is 10.9. The lowest BCUT2D eigenvalue weighted by atomic mass is 10.2. The van der Waals surface area contributed by atoms with Crippen molar-refractivity contribution in [3.63, 3.8) is 0 Å². The molecule has 0 unspecified atom stereocenters. The monoisotopic (exact) mass is 288 g/mol. The summed E-state index contributed by atoms with van der Waals surface area (Å²) in [6.45, 7) is 1.25. The Morgan fingerprint density at radius 2 is 2.06 bits per heavy atom. The number of benzene rings is 1. The van der Waals surface area contributed by atoms with E-state index >= 15 is 0 Å². The highest BCUT2D eigenvalue weighted by molar-refractivity contribution is 6.36. The molecule has 0 aliphatic rings. The van der Waals surface area contributed by atoms with Crippen molar-refractivity contribution in [2.45, 2.75) is 6.92 Å². The molecule has 0 spiro atoms. The van der Waals surface area contributed by atoms with Gasteiger partial charge >= 0.3 is 5.97 Å². The molecule has 0 atom stereocenters. The minimum absolute atomic E-state index is 0.142. The second-order valence-corrected chi connectivity index (χ2v) is 4.01. The van der Waals surface area contributed by atoms with E-state index in [4.69, 9.17) is 39.4 Å². The van der Waals surface area contributed by atoms with Crippen LogP contribution in [-0.2, 0) is 4.79 Å². The van der Waals surface area contributed by atoms with Crippen molar-refractivity contribution < 1.29 is 9.53 Å². The van der Waals surface area contributed by atoms with Crippen LogP contribution in [0.3, 0.4) is 0 Å². The van der Waals surface area contributed by atoms with Crippen molar-refractivity contribution >= 4 is 41.3 Å². The number of hydrogen-bond donors (Lipinski definition) is 2. The van der Waals surface area contributed by atoms with E-state index in [0.717, 1.165) is 0 Å². The van der Waals surface area contributed by atoms with E-state index in [2.05, 4.69) is 10.2 Å². The fraction of sp³-hybridized carbons (Fsp3) is 0.100. The smallest absolute Gasteiger partial charge is 0.308 e. The molecule has 0 heterocycles. The van der Waals surface area contributed by atoms with Crippen LogP contribution in [0.2, 0.25) is 10.0 Å². The summed E-state index contributed by atoms with van der Waals surface area (Å²) in [5.41, 5.74) is 10.6. The zero-order chi connectivity index (χ0) is 13.7. The average Bonchev–Trinajstić information content (AvgIpc) is 2.22. The van der Waals surface area contributed by atoms with Crippen LogP contribution in [0.1, 0.15) is 12.5 Å². The molecule has 0 radical (unpaired) electrons. The van der Waals surface area contributed by atoms with E-state index in [1.165, 1.54) is 25.3 Å². The highest BCUT2D eigenvalue weighted by Gasteiger charge is 2.11.